The molecule has 1 heterocycles. The molecule has 0 bridgehead atoms. The van der Waals surface area contributed by atoms with Crippen LogP contribution in [0.5, 0.6) is 0 Å². The highest BCUT2D eigenvalue weighted by Gasteiger charge is 2.21. The second-order valence-corrected chi connectivity index (χ2v) is 8.40. The number of thioether (sulfide) groups is 1. The first-order valence-electron chi connectivity index (χ1n) is 9.99. The Balaban J connectivity index is 1.83. The van der Waals surface area contributed by atoms with Crippen molar-refractivity contribution in [2.75, 3.05) is 7.11 Å². The van der Waals surface area contributed by atoms with Crippen LogP contribution in [0.2, 0.25) is 0 Å². The molecular weight excluding hydrogens is 414 g/mol. The van der Waals surface area contributed by atoms with Gasteiger partial charge in [0, 0.05) is 6.54 Å². The van der Waals surface area contributed by atoms with Crippen molar-refractivity contribution in [1.29, 1.82) is 0 Å². The summed E-state index contributed by atoms with van der Waals surface area (Å²) in [5.41, 5.74) is 1.31. The lowest BCUT2D eigenvalue weighted by atomic mass is 10.1. The summed E-state index contributed by atoms with van der Waals surface area (Å²) in [7, 11) is 1.31. The Morgan fingerprint density at radius 2 is 1.77 bits per heavy atom. The van der Waals surface area contributed by atoms with Gasteiger partial charge in [-0.3, -0.25) is 19.0 Å². The minimum Gasteiger partial charge on any atom is -0.469 e. The number of carbonyl (C=O) groups is 2. The van der Waals surface area contributed by atoms with Gasteiger partial charge in [-0.05, 0) is 31.5 Å². The maximum Gasteiger partial charge on any atom is 0.307 e. The number of carbonyl (C=O) groups excluding carboxylic acids is 2. The highest BCUT2D eigenvalue weighted by molar-refractivity contribution is 8.00. The lowest BCUT2D eigenvalue weighted by Gasteiger charge is -2.19. The van der Waals surface area contributed by atoms with Crippen LogP contribution in [-0.2, 0) is 20.9 Å². The fraction of sp³-hybridized carbons (Fsp3) is 0.304. The molecule has 0 saturated heterocycles. The molecule has 0 aliphatic carbocycles. The molecule has 3 aromatic rings. The van der Waals surface area contributed by atoms with Crippen molar-refractivity contribution < 1.29 is 14.3 Å². The van der Waals surface area contributed by atoms with Gasteiger partial charge in [-0.2, -0.15) is 0 Å². The van der Waals surface area contributed by atoms with Crippen LogP contribution in [0.3, 0.4) is 0 Å². The van der Waals surface area contributed by atoms with Gasteiger partial charge in [-0.25, -0.2) is 4.98 Å². The van der Waals surface area contributed by atoms with Crippen LogP contribution in [0.1, 0.15) is 31.9 Å². The number of nitrogens with one attached hydrogen (secondary N) is 1. The summed E-state index contributed by atoms with van der Waals surface area (Å²) in [5, 5.41) is 3.36. The van der Waals surface area contributed by atoms with E-state index in [0.717, 1.165) is 5.56 Å². The first-order chi connectivity index (χ1) is 14.9. The zero-order valence-electron chi connectivity index (χ0n) is 17.7. The summed E-state index contributed by atoms with van der Waals surface area (Å²) in [5.74, 6) is -0.582. The van der Waals surface area contributed by atoms with E-state index in [2.05, 4.69) is 10.3 Å². The fourth-order valence-electron chi connectivity index (χ4n) is 3.11. The number of fused-ring (bicyclic) bond motifs is 1. The first-order valence-corrected chi connectivity index (χ1v) is 10.9. The van der Waals surface area contributed by atoms with E-state index in [9.17, 15) is 14.4 Å². The van der Waals surface area contributed by atoms with Gasteiger partial charge >= 0.3 is 5.97 Å². The van der Waals surface area contributed by atoms with Crippen LogP contribution in [0.15, 0.2) is 64.5 Å². The van der Waals surface area contributed by atoms with Gasteiger partial charge in [-0.15, -0.1) is 0 Å². The fourth-order valence-corrected chi connectivity index (χ4v) is 4.05. The van der Waals surface area contributed by atoms with Gasteiger partial charge in [0.1, 0.15) is 0 Å². The molecule has 2 aromatic carbocycles. The standard InChI is InChI=1S/C23H25N3O4S/c1-15(17-9-5-4-6-10-17)24-21(28)16(2)31-23-25-19-12-8-7-11-18(19)22(29)26(23)14-13-20(27)30-3/h4-12,15-16H,13-14H2,1-3H3,(H,24,28). The Morgan fingerprint density at radius 1 is 1.10 bits per heavy atom. The first kappa shape index (κ1) is 22.6. The number of hydrogen-bond acceptors (Lipinski definition) is 6. The molecule has 7 nitrogen and oxygen atoms in total. The van der Waals surface area contributed by atoms with Crippen LogP contribution in [0.4, 0.5) is 0 Å². The number of aromatic nitrogens is 2. The molecule has 1 N–H and O–H groups in total. The van der Waals surface area contributed by atoms with Crippen molar-refractivity contribution in [3.05, 3.63) is 70.5 Å². The van der Waals surface area contributed by atoms with E-state index in [4.69, 9.17) is 4.74 Å². The second kappa shape index (κ2) is 10.3. The second-order valence-electron chi connectivity index (χ2n) is 7.10. The zero-order valence-corrected chi connectivity index (χ0v) is 18.5. The smallest absolute Gasteiger partial charge is 0.307 e. The van der Waals surface area contributed by atoms with Crippen LogP contribution in [0.25, 0.3) is 10.9 Å². The molecule has 1 aromatic heterocycles. The number of esters is 1. The number of rotatable bonds is 8. The third-order valence-electron chi connectivity index (χ3n) is 4.90. The van der Waals surface area contributed by atoms with Gasteiger partial charge in [0.2, 0.25) is 5.91 Å². The Bertz CT molecular complexity index is 1130. The molecule has 0 aliphatic heterocycles. The third kappa shape index (κ3) is 5.52. The minimum atomic E-state index is -0.497. The summed E-state index contributed by atoms with van der Waals surface area (Å²) in [6.07, 6.45) is 0.0373. The van der Waals surface area contributed by atoms with E-state index in [1.807, 2.05) is 37.3 Å². The van der Waals surface area contributed by atoms with Crippen molar-refractivity contribution in [3.8, 4) is 0 Å². The molecule has 162 valence electrons. The highest BCUT2D eigenvalue weighted by Crippen LogP contribution is 2.24. The normalized spacial score (nSPS) is 12.9. The summed E-state index contributed by atoms with van der Waals surface area (Å²) in [6.45, 7) is 3.81. The highest BCUT2D eigenvalue weighted by atomic mass is 32.2. The number of para-hydroxylation sites is 1. The Labute approximate surface area is 184 Å². The van der Waals surface area contributed by atoms with Crippen LogP contribution < -0.4 is 10.9 Å². The van der Waals surface area contributed by atoms with Gasteiger partial charge in [0.25, 0.3) is 5.56 Å². The molecule has 2 unspecified atom stereocenters. The van der Waals surface area contributed by atoms with E-state index in [-0.39, 0.29) is 30.5 Å². The monoisotopic (exact) mass is 439 g/mol. The number of hydrogen-bond donors (Lipinski definition) is 1. The Kier molecular flexibility index (Phi) is 7.46. The van der Waals surface area contributed by atoms with E-state index in [1.54, 1.807) is 31.2 Å². The van der Waals surface area contributed by atoms with Gasteiger partial charge < -0.3 is 10.1 Å². The maximum atomic E-state index is 13.0. The largest absolute Gasteiger partial charge is 0.469 e. The number of nitrogens with zero attached hydrogens (tertiary/aromatic N) is 2. The Hall–Kier alpha value is -3.13. The van der Waals surface area contributed by atoms with Gasteiger partial charge in [0.15, 0.2) is 5.16 Å². The zero-order chi connectivity index (χ0) is 22.4. The number of ether oxygens (including phenoxy) is 1. The molecule has 0 spiro atoms. The van der Waals surface area contributed by atoms with Crippen molar-refractivity contribution in [2.45, 2.75) is 43.3 Å². The minimum absolute atomic E-state index is 0.0373. The molecule has 8 heteroatoms. The van der Waals surface area contributed by atoms with Gasteiger partial charge in [-0.1, -0.05) is 54.2 Å². The predicted octanol–water partition coefficient (Wildman–Crippen LogP) is 3.32. The van der Waals surface area contributed by atoms with Crippen molar-refractivity contribution in [1.82, 2.24) is 14.9 Å². The van der Waals surface area contributed by atoms with Gasteiger partial charge in [0.05, 0.1) is 35.7 Å². The molecular formula is C23H25N3O4S. The van der Waals surface area contributed by atoms with E-state index < -0.39 is 11.2 Å². The van der Waals surface area contributed by atoms with Crippen molar-refractivity contribution >= 4 is 34.5 Å². The molecule has 0 aliphatic rings. The quantitative estimate of drug-likeness (QED) is 0.329. The lowest BCUT2D eigenvalue weighted by molar-refractivity contribution is -0.140. The van der Waals surface area contributed by atoms with Crippen molar-refractivity contribution in [3.63, 3.8) is 0 Å². The summed E-state index contributed by atoms with van der Waals surface area (Å²) < 4.78 is 6.14. The lowest BCUT2D eigenvalue weighted by Crippen LogP contribution is -2.34. The number of methoxy groups -OCH3 is 1. The number of benzene rings is 2. The number of amides is 1. The van der Waals surface area contributed by atoms with Crippen LogP contribution in [0, 0.1) is 0 Å². The summed E-state index contributed by atoms with van der Waals surface area (Å²) in [4.78, 5) is 42.0. The topological polar surface area (TPSA) is 90.3 Å². The average Bonchev–Trinajstić information content (AvgIpc) is 2.79. The van der Waals surface area contributed by atoms with E-state index >= 15 is 0 Å². The third-order valence-corrected chi connectivity index (χ3v) is 5.99. The predicted molar refractivity (Wildman–Crippen MR) is 121 cm³/mol. The maximum absolute atomic E-state index is 13.0. The van der Waals surface area contributed by atoms with Crippen molar-refractivity contribution in [2.24, 2.45) is 0 Å². The molecule has 2 atom stereocenters. The Morgan fingerprint density at radius 3 is 2.48 bits per heavy atom. The van der Waals surface area contributed by atoms with Crippen LogP contribution in [-0.4, -0.2) is 33.8 Å². The summed E-state index contributed by atoms with van der Waals surface area (Å²) >= 11 is 1.19. The summed E-state index contributed by atoms with van der Waals surface area (Å²) in [6, 6.07) is 16.6. The molecule has 0 fully saturated rings. The van der Waals surface area contributed by atoms with E-state index in [0.29, 0.717) is 16.1 Å². The van der Waals surface area contributed by atoms with E-state index in [1.165, 1.54) is 23.4 Å². The van der Waals surface area contributed by atoms with Crippen LogP contribution >= 0.6 is 11.8 Å². The molecule has 3 rings (SSSR count). The molecule has 0 saturated carbocycles. The SMILES string of the molecule is COC(=O)CCn1c(SC(C)C(=O)NC(C)c2ccccc2)nc2ccccc2c1=O. The molecule has 31 heavy (non-hydrogen) atoms. The molecule has 1 amide bonds. The molecule has 0 radical (unpaired) electrons. The average molecular weight is 440 g/mol.